The van der Waals surface area contributed by atoms with Crippen molar-refractivity contribution in [2.75, 3.05) is 19.7 Å². The highest BCUT2D eigenvalue weighted by Crippen LogP contribution is 2.19. The maximum atomic E-state index is 12.5. The lowest BCUT2D eigenvalue weighted by Gasteiger charge is -2.31. The number of carbonyl (C=O) groups is 2. The average Bonchev–Trinajstić information content (AvgIpc) is 2.77. The topological polar surface area (TPSA) is 67.9 Å². The first-order valence-corrected chi connectivity index (χ1v) is 10.5. The fourth-order valence-electron chi connectivity index (χ4n) is 3.44. The molecule has 2 aromatic rings. The van der Waals surface area contributed by atoms with Crippen molar-refractivity contribution in [1.29, 1.82) is 0 Å². The van der Waals surface area contributed by atoms with E-state index in [4.69, 9.17) is 9.47 Å². The number of para-hydroxylation sites is 1. The summed E-state index contributed by atoms with van der Waals surface area (Å²) in [5, 5.41) is 3.01. The van der Waals surface area contributed by atoms with Crippen molar-refractivity contribution in [1.82, 2.24) is 10.2 Å². The maximum Gasteiger partial charge on any atom is 0.260 e. The second kappa shape index (κ2) is 10.7. The van der Waals surface area contributed by atoms with E-state index in [1.807, 2.05) is 68.4 Å². The van der Waals surface area contributed by atoms with Crippen LogP contribution in [0.1, 0.15) is 32.3 Å². The van der Waals surface area contributed by atoms with E-state index in [0.29, 0.717) is 38.2 Å². The largest absolute Gasteiger partial charge is 0.491 e. The van der Waals surface area contributed by atoms with Gasteiger partial charge in [-0.05, 0) is 56.5 Å². The number of ether oxygens (including phenoxy) is 2. The van der Waals surface area contributed by atoms with E-state index in [0.717, 1.165) is 11.3 Å². The first-order chi connectivity index (χ1) is 14.5. The summed E-state index contributed by atoms with van der Waals surface area (Å²) in [6, 6.07) is 17.1. The van der Waals surface area contributed by atoms with Crippen molar-refractivity contribution < 1.29 is 19.1 Å². The second-order valence-electron chi connectivity index (χ2n) is 7.79. The lowest BCUT2D eigenvalue weighted by Crippen LogP contribution is -2.44. The van der Waals surface area contributed by atoms with E-state index >= 15 is 0 Å². The normalized spacial score (nSPS) is 14.4. The molecule has 6 heteroatoms. The van der Waals surface area contributed by atoms with E-state index in [9.17, 15) is 9.59 Å². The van der Waals surface area contributed by atoms with Crippen molar-refractivity contribution in [3.05, 3.63) is 60.2 Å². The SMILES string of the molecule is CC(C)Oc1ccc(CNC(=O)C2CCN(C(=O)COc3ccccc3)CC2)cc1. The Bertz CT molecular complexity index is 813. The summed E-state index contributed by atoms with van der Waals surface area (Å²) in [7, 11) is 0. The van der Waals surface area contributed by atoms with Crippen LogP contribution in [0, 0.1) is 5.92 Å². The molecule has 160 valence electrons. The number of hydrogen-bond acceptors (Lipinski definition) is 4. The molecule has 0 aromatic heterocycles. The minimum absolute atomic E-state index is 0.0252. The molecule has 0 radical (unpaired) electrons. The second-order valence-corrected chi connectivity index (χ2v) is 7.79. The zero-order valence-corrected chi connectivity index (χ0v) is 17.7. The van der Waals surface area contributed by atoms with Gasteiger partial charge in [0.25, 0.3) is 5.91 Å². The van der Waals surface area contributed by atoms with Crippen LogP contribution < -0.4 is 14.8 Å². The Labute approximate surface area is 178 Å². The summed E-state index contributed by atoms with van der Waals surface area (Å²) < 4.78 is 11.2. The van der Waals surface area contributed by atoms with Gasteiger partial charge >= 0.3 is 0 Å². The smallest absolute Gasteiger partial charge is 0.260 e. The summed E-state index contributed by atoms with van der Waals surface area (Å²) in [6.45, 7) is 5.65. The predicted octanol–water partition coefficient (Wildman–Crippen LogP) is 3.41. The molecule has 1 N–H and O–H groups in total. The van der Waals surface area contributed by atoms with Gasteiger partial charge in [0.2, 0.25) is 5.91 Å². The summed E-state index contributed by atoms with van der Waals surface area (Å²) in [6.07, 6.45) is 1.48. The molecule has 0 saturated carbocycles. The highest BCUT2D eigenvalue weighted by atomic mass is 16.5. The Hall–Kier alpha value is -3.02. The standard InChI is InChI=1S/C24H30N2O4/c1-18(2)30-22-10-8-19(9-11-22)16-25-24(28)20-12-14-26(15-13-20)23(27)17-29-21-6-4-3-5-7-21/h3-11,18,20H,12-17H2,1-2H3,(H,25,28). The Balaban J connectivity index is 1.38. The lowest BCUT2D eigenvalue weighted by molar-refractivity contribution is -0.137. The molecule has 0 bridgehead atoms. The van der Waals surface area contributed by atoms with Crippen LogP contribution in [-0.4, -0.2) is 42.5 Å². The quantitative estimate of drug-likeness (QED) is 0.724. The van der Waals surface area contributed by atoms with Crippen LogP contribution in [0.5, 0.6) is 11.5 Å². The number of piperidine rings is 1. The molecular formula is C24H30N2O4. The van der Waals surface area contributed by atoms with Crippen LogP contribution in [0.15, 0.2) is 54.6 Å². The molecule has 1 heterocycles. The minimum atomic E-state index is -0.0624. The number of carbonyl (C=O) groups excluding carboxylic acids is 2. The summed E-state index contributed by atoms with van der Waals surface area (Å²) in [4.78, 5) is 26.6. The fraction of sp³-hybridized carbons (Fsp3) is 0.417. The summed E-state index contributed by atoms with van der Waals surface area (Å²) in [5.41, 5.74) is 1.03. The van der Waals surface area contributed by atoms with E-state index in [1.54, 1.807) is 4.90 Å². The van der Waals surface area contributed by atoms with Gasteiger partial charge in [-0.25, -0.2) is 0 Å². The molecule has 2 aromatic carbocycles. The number of benzene rings is 2. The van der Waals surface area contributed by atoms with Crippen LogP contribution in [0.3, 0.4) is 0 Å². The third kappa shape index (κ3) is 6.51. The highest BCUT2D eigenvalue weighted by Gasteiger charge is 2.27. The maximum absolute atomic E-state index is 12.5. The highest BCUT2D eigenvalue weighted by molar-refractivity contribution is 5.80. The van der Waals surface area contributed by atoms with Gasteiger partial charge in [-0.2, -0.15) is 0 Å². The van der Waals surface area contributed by atoms with Gasteiger partial charge in [0.05, 0.1) is 6.10 Å². The predicted molar refractivity (Wildman–Crippen MR) is 115 cm³/mol. The van der Waals surface area contributed by atoms with Crippen LogP contribution in [0.2, 0.25) is 0 Å². The lowest BCUT2D eigenvalue weighted by atomic mass is 9.96. The molecule has 0 unspecified atom stereocenters. The molecule has 30 heavy (non-hydrogen) atoms. The third-order valence-electron chi connectivity index (χ3n) is 5.09. The number of nitrogens with zero attached hydrogens (tertiary/aromatic N) is 1. The fourth-order valence-corrected chi connectivity index (χ4v) is 3.44. The molecule has 1 saturated heterocycles. The van der Waals surface area contributed by atoms with Gasteiger partial charge in [-0.1, -0.05) is 30.3 Å². The number of rotatable bonds is 8. The van der Waals surface area contributed by atoms with Gasteiger partial charge < -0.3 is 19.7 Å². The Morgan fingerprint density at radius 1 is 1.00 bits per heavy atom. The zero-order chi connectivity index (χ0) is 21.3. The van der Waals surface area contributed by atoms with Crippen LogP contribution >= 0.6 is 0 Å². The molecule has 3 rings (SSSR count). The zero-order valence-electron chi connectivity index (χ0n) is 17.7. The summed E-state index contributed by atoms with van der Waals surface area (Å²) >= 11 is 0. The van der Waals surface area contributed by atoms with Gasteiger partial charge in [0.1, 0.15) is 11.5 Å². The average molecular weight is 411 g/mol. The van der Waals surface area contributed by atoms with Crippen molar-refractivity contribution in [3.8, 4) is 11.5 Å². The van der Waals surface area contributed by atoms with Gasteiger partial charge in [-0.15, -0.1) is 0 Å². The number of amides is 2. The minimum Gasteiger partial charge on any atom is -0.491 e. The third-order valence-corrected chi connectivity index (χ3v) is 5.09. The Morgan fingerprint density at radius 3 is 2.30 bits per heavy atom. The molecule has 0 atom stereocenters. The Morgan fingerprint density at radius 2 is 1.67 bits per heavy atom. The molecular weight excluding hydrogens is 380 g/mol. The first-order valence-electron chi connectivity index (χ1n) is 10.5. The van der Waals surface area contributed by atoms with E-state index in [2.05, 4.69) is 5.32 Å². The molecule has 2 amide bonds. The summed E-state index contributed by atoms with van der Waals surface area (Å²) in [5.74, 6) is 1.46. The van der Waals surface area contributed by atoms with Crippen molar-refractivity contribution >= 4 is 11.8 Å². The Kier molecular flexibility index (Phi) is 7.71. The van der Waals surface area contributed by atoms with E-state index in [1.165, 1.54) is 0 Å². The van der Waals surface area contributed by atoms with Crippen molar-refractivity contribution in [2.45, 2.75) is 39.3 Å². The van der Waals surface area contributed by atoms with Crippen molar-refractivity contribution in [2.24, 2.45) is 5.92 Å². The van der Waals surface area contributed by atoms with E-state index in [-0.39, 0.29) is 30.4 Å². The monoisotopic (exact) mass is 410 g/mol. The molecule has 0 spiro atoms. The molecule has 1 fully saturated rings. The van der Waals surface area contributed by atoms with E-state index < -0.39 is 0 Å². The van der Waals surface area contributed by atoms with Crippen molar-refractivity contribution in [3.63, 3.8) is 0 Å². The molecule has 1 aliphatic rings. The first kappa shape index (κ1) is 21.7. The number of nitrogens with one attached hydrogen (secondary N) is 1. The number of likely N-dealkylation sites (tertiary alicyclic amines) is 1. The van der Waals surface area contributed by atoms with Gasteiger partial charge in [0.15, 0.2) is 6.61 Å². The van der Waals surface area contributed by atoms with Crippen LogP contribution in [-0.2, 0) is 16.1 Å². The molecule has 6 nitrogen and oxygen atoms in total. The molecule has 1 aliphatic heterocycles. The van der Waals surface area contributed by atoms with Gasteiger partial charge in [0, 0.05) is 25.6 Å². The van der Waals surface area contributed by atoms with Gasteiger partial charge in [-0.3, -0.25) is 9.59 Å². The van der Waals surface area contributed by atoms with Crippen LogP contribution in [0.25, 0.3) is 0 Å². The molecule has 0 aliphatic carbocycles. The van der Waals surface area contributed by atoms with Crippen LogP contribution in [0.4, 0.5) is 0 Å². The number of hydrogen-bond donors (Lipinski definition) is 1.